The summed E-state index contributed by atoms with van der Waals surface area (Å²) in [4.78, 5) is 12.0. The minimum Gasteiger partial charge on any atom is -0.491 e. The molecule has 0 spiro atoms. The van der Waals surface area contributed by atoms with Gasteiger partial charge in [-0.05, 0) is 57.0 Å². The van der Waals surface area contributed by atoms with E-state index in [-0.39, 0.29) is 12.1 Å². The lowest BCUT2D eigenvalue weighted by atomic mass is 10.1. The summed E-state index contributed by atoms with van der Waals surface area (Å²) in [6.07, 6.45) is 3.85. The molecule has 3 aromatic rings. The van der Waals surface area contributed by atoms with Crippen LogP contribution in [0.4, 0.5) is 0 Å². The van der Waals surface area contributed by atoms with Crippen molar-refractivity contribution >= 4 is 16.8 Å². The van der Waals surface area contributed by atoms with Gasteiger partial charge < -0.3 is 24.7 Å². The van der Waals surface area contributed by atoms with Crippen molar-refractivity contribution in [3.63, 3.8) is 0 Å². The van der Waals surface area contributed by atoms with Gasteiger partial charge in [0.15, 0.2) is 0 Å². The van der Waals surface area contributed by atoms with E-state index in [1.54, 1.807) is 30.5 Å². The molecule has 2 aromatic carbocycles. The maximum Gasteiger partial charge on any atom is 0.252 e. The van der Waals surface area contributed by atoms with Gasteiger partial charge in [-0.15, -0.1) is 0 Å². The van der Waals surface area contributed by atoms with Crippen molar-refractivity contribution in [1.29, 1.82) is 0 Å². The Bertz CT molecular complexity index is 1060. The average molecular weight is 440 g/mol. The van der Waals surface area contributed by atoms with Crippen LogP contribution in [0, 0.1) is 0 Å². The Kier molecular flexibility index (Phi) is 6.92. The molecule has 0 saturated carbocycles. The van der Waals surface area contributed by atoms with E-state index in [2.05, 4.69) is 5.10 Å². The number of carbonyl (C=O) groups is 1. The summed E-state index contributed by atoms with van der Waals surface area (Å²) in [5.41, 5.74) is 6.78. The zero-order valence-corrected chi connectivity index (χ0v) is 18.5. The third-order valence-corrected chi connectivity index (χ3v) is 5.38. The van der Waals surface area contributed by atoms with Crippen molar-refractivity contribution in [2.75, 3.05) is 26.4 Å². The number of aromatic nitrogens is 2. The van der Waals surface area contributed by atoms with Crippen molar-refractivity contribution in [2.45, 2.75) is 38.8 Å². The van der Waals surface area contributed by atoms with Crippen LogP contribution in [-0.2, 0) is 9.47 Å². The van der Waals surface area contributed by atoms with E-state index >= 15 is 0 Å². The molecule has 1 amide bonds. The third kappa shape index (κ3) is 5.20. The van der Waals surface area contributed by atoms with Gasteiger partial charge in [-0.2, -0.15) is 5.10 Å². The van der Waals surface area contributed by atoms with Gasteiger partial charge in [0, 0.05) is 30.7 Å². The molecule has 32 heavy (non-hydrogen) atoms. The minimum absolute atomic E-state index is 0.173. The summed E-state index contributed by atoms with van der Waals surface area (Å²) < 4.78 is 24.8. The SMILES string of the molecule is CC(C)n1ncc2cc(C(N)=O)c(Oc3ccc(OCCOC4CCOCC4)cc3)cc21. The molecule has 0 radical (unpaired) electrons. The Hall–Kier alpha value is -3.10. The van der Waals surface area contributed by atoms with E-state index in [0.717, 1.165) is 42.7 Å². The molecule has 8 heteroatoms. The van der Waals surface area contributed by atoms with Crippen LogP contribution in [0.5, 0.6) is 17.2 Å². The molecular formula is C24H29N3O5. The number of fused-ring (bicyclic) bond motifs is 1. The molecule has 1 aliphatic heterocycles. The van der Waals surface area contributed by atoms with E-state index in [9.17, 15) is 4.79 Å². The molecule has 8 nitrogen and oxygen atoms in total. The number of ether oxygens (including phenoxy) is 4. The molecule has 2 N–H and O–H groups in total. The maximum atomic E-state index is 12.0. The first-order valence-electron chi connectivity index (χ1n) is 10.9. The molecule has 0 aliphatic carbocycles. The first-order chi connectivity index (χ1) is 15.5. The second-order valence-electron chi connectivity index (χ2n) is 8.06. The van der Waals surface area contributed by atoms with E-state index < -0.39 is 5.91 Å². The van der Waals surface area contributed by atoms with Gasteiger partial charge in [-0.25, -0.2) is 0 Å². The van der Waals surface area contributed by atoms with Crippen LogP contribution in [0.25, 0.3) is 10.9 Å². The number of carbonyl (C=O) groups excluding carboxylic acids is 1. The Labute approximate surface area is 187 Å². The average Bonchev–Trinajstić information content (AvgIpc) is 3.21. The van der Waals surface area contributed by atoms with Crippen molar-refractivity contribution in [1.82, 2.24) is 9.78 Å². The van der Waals surface area contributed by atoms with Crippen molar-refractivity contribution in [3.05, 3.63) is 48.2 Å². The molecule has 0 unspecified atom stereocenters. The lowest BCUT2D eigenvalue weighted by molar-refractivity contribution is -0.0388. The van der Waals surface area contributed by atoms with E-state index in [0.29, 0.717) is 30.3 Å². The molecule has 1 saturated heterocycles. The molecule has 170 valence electrons. The highest BCUT2D eigenvalue weighted by atomic mass is 16.5. The first kappa shape index (κ1) is 22.1. The second-order valence-corrected chi connectivity index (χ2v) is 8.06. The molecule has 0 atom stereocenters. The fourth-order valence-electron chi connectivity index (χ4n) is 3.71. The van der Waals surface area contributed by atoms with Crippen LogP contribution in [0.15, 0.2) is 42.6 Å². The van der Waals surface area contributed by atoms with Crippen LogP contribution in [0.3, 0.4) is 0 Å². The molecule has 2 heterocycles. The number of hydrogen-bond acceptors (Lipinski definition) is 6. The summed E-state index contributed by atoms with van der Waals surface area (Å²) in [7, 11) is 0. The predicted octanol–water partition coefficient (Wildman–Crippen LogP) is 4.08. The highest BCUT2D eigenvalue weighted by Crippen LogP contribution is 2.31. The number of hydrogen-bond donors (Lipinski definition) is 1. The normalized spacial score (nSPS) is 14.7. The Balaban J connectivity index is 1.40. The van der Waals surface area contributed by atoms with Crippen molar-refractivity contribution in [2.24, 2.45) is 5.73 Å². The summed E-state index contributed by atoms with van der Waals surface area (Å²) >= 11 is 0. The summed E-state index contributed by atoms with van der Waals surface area (Å²) in [6, 6.07) is 10.9. The zero-order valence-electron chi connectivity index (χ0n) is 18.5. The van der Waals surface area contributed by atoms with Crippen LogP contribution >= 0.6 is 0 Å². The Morgan fingerprint density at radius 3 is 2.56 bits per heavy atom. The number of nitrogens with zero attached hydrogens (tertiary/aromatic N) is 2. The van der Waals surface area contributed by atoms with Crippen LogP contribution in [-0.4, -0.2) is 48.2 Å². The van der Waals surface area contributed by atoms with Gasteiger partial charge in [0.1, 0.15) is 23.9 Å². The lowest BCUT2D eigenvalue weighted by Crippen LogP contribution is -2.25. The summed E-state index contributed by atoms with van der Waals surface area (Å²) in [5, 5.41) is 5.24. The largest absolute Gasteiger partial charge is 0.491 e. The topological polar surface area (TPSA) is 97.8 Å². The smallest absolute Gasteiger partial charge is 0.252 e. The van der Waals surface area contributed by atoms with E-state index in [4.69, 9.17) is 24.7 Å². The monoisotopic (exact) mass is 439 g/mol. The number of rotatable bonds is 9. The highest BCUT2D eigenvalue weighted by molar-refractivity contribution is 6.00. The fourth-order valence-corrected chi connectivity index (χ4v) is 3.71. The number of benzene rings is 2. The molecule has 1 aromatic heterocycles. The molecule has 1 aliphatic rings. The van der Waals surface area contributed by atoms with Crippen molar-refractivity contribution < 1.29 is 23.7 Å². The lowest BCUT2D eigenvalue weighted by Gasteiger charge is -2.22. The van der Waals surface area contributed by atoms with E-state index in [1.165, 1.54) is 0 Å². The number of amides is 1. The van der Waals surface area contributed by atoms with Crippen LogP contribution < -0.4 is 15.2 Å². The second kappa shape index (κ2) is 10.0. The maximum absolute atomic E-state index is 12.0. The quantitative estimate of drug-likeness (QED) is 0.505. The van der Waals surface area contributed by atoms with Gasteiger partial charge in [-0.1, -0.05) is 0 Å². The summed E-state index contributed by atoms with van der Waals surface area (Å²) in [6.45, 7) is 6.62. The Morgan fingerprint density at radius 1 is 1.16 bits per heavy atom. The highest BCUT2D eigenvalue weighted by Gasteiger charge is 2.16. The molecular weight excluding hydrogens is 410 g/mol. The molecule has 1 fully saturated rings. The molecule has 0 bridgehead atoms. The predicted molar refractivity (Wildman–Crippen MR) is 120 cm³/mol. The number of primary amides is 1. The van der Waals surface area contributed by atoms with Gasteiger partial charge >= 0.3 is 0 Å². The van der Waals surface area contributed by atoms with E-state index in [1.807, 2.05) is 30.7 Å². The van der Waals surface area contributed by atoms with Crippen LogP contribution in [0.1, 0.15) is 43.1 Å². The zero-order chi connectivity index (χ0) is 22.5. The first-order valence-corrected chi connectivity index (χ1v) is 10.9. The van der Waals surface area contributed by atoms with Gasteiger partial charge in [0.05, 0.1) is 30.0 Å². The van der Waals surface area contributed by atoms with Gasteiger partial charge in [0.25, 0.3) is 5.91 Å². The third-order valence-electron chi connectivity index (χ3n) is 5.38. The standard InChI is InChI=1S/C24H29N3O5/c1-16(2)27-22-14-23(21(24(25)28)13-17(22)15-26-27)32-20-5-3-18(4-6-20)30-11-12-31-19-7-9-29-10-8-19/h3-6,13-16,19H,7-12H2,1-2H3,(H2,25,28). The number of nitrogens with two attached hydrogens (primary N) is 1. The molecule has 4 rings (SSSR count). The fraction of sp³-hybridized carbons (Fsp3) is 0.417. The summed E-state index contributed by atoms with van der Waals surface area (Å²) in [5.74, 6) is 1.14. The van der Waals surface area contributed by atoms with Gasteiger partial charge in [0.2, 0.25) is 0 Å². The minimum atomic E-state index is -0.552. The van der Waals surface area contributed by atoms with Crippen molar-refractivity contribution in [3.8, 4) is 17.2 Å². The Morgan fingerprint density at radius 2 is 1.88 bits per heavy atom. The van der Waals surface area contributed by atoms with Crippen LogP contribution in [0.2, 0.25) is 0 Å². The van der Waals surface area contributed by atoms with Gasteiger partial charge in [-0.3, -0.25) is 9.48 Å².